The van der Waals surface area contributed by atoms with Crippen LogP contribution >= 0.6 is 0 Å². The standard InChI is InChI=1S/C23H24N2O2/c1-4-7-18-12-13-22(17(3)24-18)23(26)25-19-9-6-11-21(15-19)27-20-10-5-8-16(2)14-20/h5-6,8-15H,4,7H2,1-3H3,(H,25,26). The van der Waals surface area contributed by atoms with E-state index in [0.717, 1.165) is 35.5 Å². The van der Waals surface area contributed by atoms with Crippen LogP contribution in [0.5, 0.6) is 11.5 Å². The monoisotopic (exact) mass is 360 g/mol. The van der Waals surface area contributed by atoms with Crippen LogP contribution in [0.1, 0.15) is 40.7 Å². The van der Waals surface area contributed by atoms with Crippen molar-refractivity contribution in [3.8, 4) is 11.5 Å². The van der Waals surface area contributed by atoms with E-state index in [1.54, 1.807) is 0 Å². The molecule has 138 valence electrons. The summed E-state index contributed by atoms with van der Waals surface area (Å²) in [5.41, 5.74) is 4.15. The van der Waals surface area contributed by atoms with Crippen LogP contribution in [0, 0.1) is 13.8 Å². The number of carbonyl (C=O) groups excluding carboxylic acids is 1. The molecule has 2 aromatic carbocycles. The van der Waals surface area contributed by atoms with Crippen molar-refractivity contribution in [1.82, 2.24) is 4.98 Å². The molecule has 3 aromatic rings. The molecule has 4 heteroatoms. The van der Waals surface area contributed by atoms with Crippen molar-refractivity contribution < 1.29 is 9.53 Å². The quantitative estimate of drug-likeness (QED) is 0.614. The first-order valence-electron chi connectivity index (χ1n) is 9.17. The number of anilines is 1. The Hall–Kier alpha value is -3.14. The summed E-state index contributed by atoms with van der Waals surface area (Å²) in [6.45, 7) is 6.00. The number of amides is 1. The van der Waals surface area contributed by atoms with Crippen LogP contribution in [0.25, 0.3) is 0 Å². The Balaban J connectivity index is 1.73. The summed E-state index contributed by atoms with van der Waals surface area (Å²) in [5, 5.41) is 2.93. The minimum atomic E-state index is -0.171. The van der Waals surface area contributed by atoms with E-state index in [1.165, 1.54) is 0 Å². The molecule has 0 unspecified atom stereocenters. The minimum Gasteiger partial charge on any atom is -0.457 e. The van der Waals surface area contributed by atoms with E-state index in [9.17, 15) is 4.79 Å². The molecule has 0 aliphatic carbocycles. The van der Waals surface area contributed by atoms with Gasteiger partial charge in [-0.1, -0.05) is 31.5 Å². The highest BCUT2D eigenvalue weighted by molar-refractivity contribution is 6.05. The lowest BCUT2D eigenvalue weighted by molar-refractivity contribution is 0.102. The van der Waals surface area contributed by atoms with Gasteiger partial charge in [-0.2, -0.15) is 0 Å². The van der Waals surface area contributed by atoms with Crippen molar-refractivity contribution in [2.45, 2.75) is 33.6 Å². The number of aromatic nitrogens is 1. The molecule has 0 aliphatic rings. The normalized spacial score (nSPS) is 10.5. The van der Waals surface area contributed by atoms with E-state index in [-0.39, 0.29) is 5.91 Å². The Morgan fingerprint density at radius 1 is 1.00 bits per heavy atom. The van der Waals surface area contributed by atoms with E-state index in [2.05, 4.69) is 17.2 Å². The van der Waals surface area contributed by atoms with E-state index in [1.807, 2.05) is 74.5 Å². The van der Waals surface area contributed by atoms with E-state index >= 15 is 0 Å². The maximum atomic E-state index is 12.6. The fourth-order valence-corrected chi connectivity index (χ4v) is 2.90. The van der Waals surface area contributed by atoms with Gasteiger partial charge >= 0.3 is 0 Å². The molecule has 1 heterocycles. The van der Waals surface area contributed by atoms with E-state index < -0.39 is 0 Å². The van der Waals surface area contributed by atoms with Crippen LogP contribution in [0.3, 0.4) is 0 Å². The number of aryl methyl sites for hydroxylation is 3. The van der Waals surface area contributed by atoms with Gasteiger partial charge in [-0.05, 0) is 62.2 Å². The number of nitrogens with zero attached hydrogens (tertiary/aromatic N) is 1. The predicted octanol–water partition coefficient (Wildman–Crippen LogP) is 5.70. The number of rotatable bonds is 6. The molecule has 0 bridgehead atoms. The fourth-order valence-electron chi connectivity index (χ4n) is 2.90. The number of carbonyl (C=O) groups is 1. The molecule has 27 heavy (non-hydrogen) atoms. The highest BCUT2D eigenvalue weighted by Crippen LogP contribution is 2.25. The molecule has 0 spiro atoms. The summed E-state index contributed by atoms with van der Waals surface area (Å²) >= 11 is 0. The second-order valence-electron chi connectivity index (χ2n) is 6.59. The van der Waals surface area contributed by atoms with Crippen LogP contribution in [-0.2, 0) is 6.42 Å². The van der Waals surface area contributed by atoms with Crippen LogP contribution in [-0.4, -0.2) is 10.9 Å². The number of nitrogens with one attached hydrogen (secondary N) is 1. The lowest BCUT2D eigenvalue weighted by Crippen LogP contribution is -2.14. The van der Waals surface area contributed by atoms with Crippen molar-refractivity contribution in [3.63, 3.8) is 0 Å². The smallest absolute Gasteiger partial charge is 0.257 e. The molecule has 3 rings (SSSR count). The van der Waals surface area contributed by atoms with Gasteiger partial charge in [0.05, 0.1) is 11.3 Å². The van der Waals surface area contributed by atoms with Crippen LogP contribution in [0.15, 0.2) is 60.7 Å². The van der Waals surface area contributed by atoms with Crippen molar-refractivity contribution in [1.29, 1.82) is 0 Å². The molecule has 0 atom stereocenters. The van der Waals surface area contributed by atoms with Gasteiger partial charge in [0.15, 0.2) is 0 Å². The number of ether oxygens (including phenoxy) is 1. The van der Waals surface area contributed by atoms with Crippen molar-refractivity contribution in [2.75, 3.05) is 5.32 Å². The Morgan fingerprint density at radius 3 is 2.44 bits per heavy atom. The number of hydrogen-bond acceptors (Lipinski definition) is 3. The number of benzene rings is 2. The molecule has 1 N–H and O–H groups in total. The van der Waals surface area contributed by atoms with Gasteiger partial charge in [0.1, 0.15) is 11.5 Å². The van der Waals surface area contributed by atoms with Gasteiger partial charge in [-0.25, -0.2) is 0 Å². The highest BCUT2D eigenvalue weighted by Gasteiger charge is 2.11. The Labute approximate surface area is 160 Å². The van der Waals surface area contributed by atoms with Crippen LogP contribution in [0.2, 0.25) is 0 Å². The molecular weight excluding hydrogens is 336 g/mol. The van der Waals surface area contributed by atoms with Crippen LogP contribution in [0.4, 0.5) is 5.69 Å². The lowest BCUT2D eigenvalue weighted by atomic mass is 10.1. The van der Waals surface area contributed by atoms with Gasteiger partial charge in [0.2, 0.25) is 0 Å². The number of hydrogen-bond donors (Lipinski definition) is 1. The maximum Gasteiger partial charge on any atom is 0.257 e. The van der Waals surface area contributed by atoms with Gasteiger partial charge in [-0.15, -0.1) is 0 Å². The molecule has 1 amide bonds. The molecule has 0 aliphatic heterocycles. The SMILES string of the molecule is CCCc1ccc(C(=O)Nc2cccc(Oc3cccc(C)c3)c2)c(C)n1. The highest BCUT2D eigenvalue weighted by atomic mass is 16.5. The fraction of sp³-hybridized carbons (Fsp3) is 0.217. The zero-order chi connectivity index (χ0) is 19.2. The average Bonchev–Trinajstić information content (AvgIpc) is 2.62. The molecule has 0 saturated carbocycles. The van der Waals surface area contributed by atoms with Crippen molar-refractivity contribution in [2.24, 2.45) is 0 Å². The summed E-state index contributed by atoms with van der Waals surface area (Å²) < 4.78 is 5.89. The average molecular weight is 360 g/mol. The maximum absolute atomic E-state index is 12.6. The molecule has 0 fully saturated rings. The number of pyridine rings is 1. The first-order chi connectivity index (χ1) is 13.0. The summed E-state index contributed by atoms with van der Waals surface area (Å²) in [6.07, 6.45) is 1.95. The molecule has 0 saturated heterocycles. The van der Waals surface area contributed by atoms with Gasteiger partial charge in [-0.3, -0.25) is 9.78 Å². The topological polar surface area (TPSA) is 51.2 Å². The first-order valence-corrected chi connectivity index (χ1v) is 9.17. The van der Waals surface area contributed by atoms with Gasteiger partial charge < -0.3 is 10.1 Å². The Kier molecular flexibility index (Phi) is 5.87. The van der Waals surface area contributed by atoms with Crippen LogP contribution < -0.4 is 10.1 Å². The zero-order valence-electron chi connectivity index (χ0n) is 16.0. The molecule has 0 radical (unpaired) electrons. The summed E-state index contributed by atoms with van der Waals surface area (Å²) in [6, 6.07) is 19.0. The zero-order valence-corrected chi connectivity index (χ0v) is 16.0. The summed E-state index contributed by atoms with van der Waals surface area (Å²) in [7, 11) is 0. The first kappa shape index (κ1) is 18.6. The lowest BCUT2D eigenvalue weighted by Gasteiger charge is -2.11. The van der Waals surface area contributed by atoms with Gasteiger partial charge in [0, 0.05) is 17.4 Å². The largest absolute Gasteiger partial charge is 0.457 e. The Morgan fingerprint density at radius 2 is 1.74 bits per heavy atom. The van der Waals surface area contributed by atoms with E-state index in [0.29, 0.717) is 17.0 Å². The second kappa shape index (κ2) is 8.49. The van der Waals surface area contributed by atoms with Crippen molar-refractivity contribution in [3.05, 3.63) is 83.2 Å². The molecule has 4 nitrogen and oxygen atoms in total. The summed E-state index contributed by atoms with van der Waals surface area (Å²) in [4.78, 5) is 17.1. The predicted molar refractivity (Wildman–Crippen MR) is 109 cm³/mol. The molecular formula is C23H24N2O2. The summed E-state index contributed by atoms with van der Waals surface area (Å²) in [5.74, 6) is 1.27. The van der Waals surface area contributed by atoms with E-state index in [4.69, 9.17) is 4.74 Å². The van der Waals surface area contributed by atoms with Crippen molar-refractivity contribution >= 4 is 11.6 Å². The second-order valence-corrected chi connectivity index (χ2v) is 6.59. The third-order valence-corrected chi connectivity index (χ3v) is 4.21. The third-order valence-electron chi connectivity index (χ3n) is 4.21. The Bertz CT molecular complexity index is 951. The molecule has 1 aromatic heterocycles. The third kappa shape index (κ3) is 4.94. The minimum absolute atomic E-state index is 0.171. The van der Waals surface area contributed by atoms with Gasteiger partial charge in [0.25, 0.3) is 5.91 Å².